The molecular weight excluding hydrogens is 234 g/mol. The molecule has 0 spiro atoms. The van der Waals surface area contributed by atoms with Crippen LogP contribution in [0.25, 0.3) is 0 Å². The third-order valence-corrected chi connectivity index (χ3v) is 3.54. The van der Waals surface area contributed by atoms with Crippen molar-refractivity contribution in [2.24, 2.45) is 0 Å². The molecule has 0 fully saturated rings. The normalized spacial score (nSPS) is 12.4. The monoisotopic (exact) mass is 255 g/mol. The summed E-state index contributed by atoms with van der Waals surface area (Å²) in [5.74, 6) is 0. The maximum Gasteiger partial charge on any atom is 0.100 e. The van der Waals surface area contributed by atoms with Crippen molar-refractivity contribution in [2.75, 3.05) is 0 Å². The second-order valence-corrected chi connectivity index (χ2v) is 5.05. The van der Waals surface area contributed by atoms with E-state index in [4.69, 9.17) is 0 Å². The van der Waals surface area contributed by atoms with E-state index >= 15 is 0 Å². The fourth-order valence-corrected chi connectivity index (χ4v) is 2.37. The van der Waals surface area contributed by atoms with Gasteiger partial charge >= 0.3 is 0 Å². The van der Waals surface area contributed by atoms with Crippen LogP contribution in [-0.2, 0) is 12.8 Å². The van der Waals surface area contributed by atoms with Crippen LogP contribution in [-0.4, -0.2) is 10.1 Å². The van der Waals surface area contributed by atoms with Crippen molar-refractivity contribution in [1.82, 2.24) is 4.98 Å². The van der Waals surface area contributed by atoms with Crippen molar-refractivity contribution in [1.29, 1.82) is 0 Å². The summed E-state index contributed by atoms with van der Waals surface area (Å²) in [5.41, 5.74) is 5.58. The summed E-state index contributed by atoms with van der Waals surface area (Å²) in [6.07, 6.45) is 2.74. The fraction of sp³-hybridized carbons (Fsp3) is 0.353. The second-order valence-electron chi connectivity index (χ2n) is 5.05. The van der Waals surface area contributed by atoms with Crippen molar-refractivity contribution < 1.29 is 5.11 Å². The molecule has 0 amide bonds. The van der Waals surface area contributed by atoms with Gasteiger partial charge in [-0.1, -0.05) is 36.8 Å². The van der Waals surface area contributed by atoms with Gasteiger partial charge in [-0.15, -0.1) is 0 Å². The molecule has 1 aromatic carbocycles. The number of pyridine rings is 1. The molecule has 1 heterocycles. The average molecular weight is 255 g/mol. The summed E-state index contributed by atoms with van der Waals surface area (Å²) in [7, 11) is 0. The maximum atomic E-state index is 10.4. The topological polar surface area (TPSA) is 33.1 Å². The van der Waals surface area contributed by atoms with Crippen LogP contribution in [0.3, 0.4) is 0 Å². The highest BCUT2D eigenvalue weighted by molar-refractivity contribution is 5.32. The lowest BCUT2D eigenvalue weighted by Crippen LogP contribution is -2.08. The smallest absolute Gasteiger partial charge is 0.100 e. The lowest BCUT2D eigenvalue weighted by Gasteiger charge is -2.15. The Morgan fingerprint density at radius 3 is 2.68 bits per heavy atom. The SMILES string of the molecule is CCc1cccnc1C(O)Cc1cc(C)ccc1C. The van der Waals surface area contributed by atoms with Gasteiger partial charge in [0, 0.05) is 12.6 Å². The molecule has 0 bridgehead atoms. The lowest BCUT2D eigenvalue weighted by molar-refractivity contribution is 0.172. The second kappa shape index (κ2) is 5.98. The molecule has 2 rings (SSSR count). The number of hydrogen-bond acceptors (Lipinski definition) is 2. The minimum atomic E-state index is -0.531. The third-order valence-electron chi connectivity index (χ3n) is 3.54. The van der Waals surface area contributed by atoms with Crippen LogP contribution in [0.2, 0.25) is 0 Å². The van der Waals surface area contributed by atoms with Gasteiger partial charge in [-0.3, -0.25) is 4.98 Å². The molecule has 19 heavy (non-hydrogen) atoms. The molecule has 1 atom stereocenters. The van der Waals surface area contributed by atoms with Crippen LogP contribution in [0.4, 0.5) is 0 Å². The maximum absolute atomic E-state index is 10.4. The van der Waals surface area contributed by atoms with E-state index in [0.717, 1.165) is 17.7 Å². The molecule has 1 aromatic heterocycles. The van der Waals surface area contributed by atoms with E-state index in [9.17, 15) is 5.11 Å². The summed E-state index contributed by atoms with van der Waals surface area (Å²) < 4.78 is 0. The first-order valence-corrected chi connectivity index (χ1v) is 6.79. The predicted octanol–water partition coefficient (Wildman–Crippen LogP) is 3.54. The molecule has 0 saturated heterocycles. The first-order chi connectivity index (χ1) is 9.11. The van der Waals surface area contributed by atoms with Crippen molar-refractivity contribution in [3.05, 3.63) is 64.5 Å². The molecule has 1 N–H and O–H groups in total. The standard InChI is InChI=1S/C17H21NO/c1-4-14-6-5-9-18-17(14)16(19)11-15-10-12(2)7-8-13(15)3/h5-10,16,19H,4,11H2,1-3H3. The highest BCUT2D eigenvalue weighted by Gasteiger charge is 2.14. The van der Waals surface area contributed by atoms with Crippen molar-refractivity contribution >= 4 is 0 Å². The predicted molar refractivity (Wildman–Crippen MR) is 78.2 cm³/mol. The first kappa shape index (κ1) is 13.8. The van der Waals surface area contributed by atoms with Crippen LogP contribution in [0.15, 0.2) is 36.5 Å². The molecule has 2 aromatic rings. The van der Waals surface area contributed by atoms with E-state index in [-0.39, 0.29) is 0 Å². The Kier molecular flexibility index (Phi) is 4.33. The lowest BCUT2D eigenvalue weighted by atomic mass is 9.96. The zero-order chi connectivity index (χ0) is 13.8. The number of aliphatic hydroxyl groups is 1. The number of hydrogen-bond donors (Lipinski definition) is 1. The van der Waals surface area contributed by atoms with E-state index in [1.165, 1.54) is 16.7 Å². The number of aliphatic hydroxyl groups excluding tert-OH is 1. The summed E-state index contributed by atoms with van der Waals surface area (Å²) >= 11 is 0. The van der Waals surface area contributed by atoms with Gasteiger partial charge in [0.25, 0.3) is 0 Å². The Balaban J connectivity index is 2.25. The third kappa shape index (κ3) is 3.21. The van der Waals surface area contributed by atoms with Gasteiger partial charge in [0.2, 0.25) is 0 Å². The minimum Gasteiger partial charge on any atom is -0.386 e. The van der Waals surface area contributed by atoms with Crippen molar-refractivity contribution in [3.8, 4) is 0 Å². The van der Waals surface area contributed by atoms with E-state index in [2.05, 4.69) is 44.0 Å². The molecule has 0 radical (unpaired) electrons. The number of rotatable bonds is 4. The quantitative estimate of drug-likeness (QED) is 0.906. The Morgan fingerprint density at radius 2 is 1.95 bits per heavy atom. The zero-order valence-electron chi connectivity index (χ0n) is 11.9. The average Bonchev–Trinajstić information content (AvgIpc) is 2.42. The first-order valence-electron chi connectivity index (χ1n) is 6.79. The molecule has 2 nitrogen and oxygen atoms in total. The van der Waals surface area contributed by atoms with Crippen molar-refractivity contribution in [2.45, 2.75) is 39.7 Å². The molecule has 100 valence electrons. The van der Waals surface area contributed by atoms with E-state index < -0.39 is 6.10 Å². The van der Waals surface area contributed by atoms with Gasteiger partial charge in [-0.05, 0) is 43.0 Å². The van der Waals surface area contributed by atoms with Crippen LogP contribution in [0.5, 0.6) is 0 Å². The highest BCUT2D eigenvalue weighted by Crippen LogP contribution is 2.22. The van der Waals surface area contributed by atoms with E-state index in [0.29, 0.717) is 6.42 Å². The van der Waals surface area contributed by atoms with Crippen molar-refractivity contribution in [3.63, 3.8) is 0 Å². The Morgan fingerprint density at radius 1 is 1.16 bits per heavy atom. The highest BCUT2D eigenvalue weighted by atomic mass is 16.3. The molecular formula is C17H21NO. The number of aromatic nitrogens is 1. The molecule has 1 unspecified atom stereocenters. The largest absolute Gasteiger partial charge is 0.386 e. The number of aryl methyl sites for hydroxylation is 3. The Hall–Kier alpha value is -1.67. The van der Waals surface area contributed by atoms with E-state index in [1.54, 1.807) is 6.20 Å². The molecule has 2 heteroatoms. The molecule has 0 aliphatic carbocycles. The number of nitrogens with zero attached hydrogens (tertiary/aromatic N) is 1. The van der Waals surface area contributed by atoms with Crippen LogP contribution < -0.4 is 0 Å². The van der Waals surface area contributed by atoms with Gasteiger partial charge in [-0.25, -0.2) is 0 Å². The van der Waals surface area contributed by atoms with Crippen LogP contribution in [0.1, 0.15) is 41.0 Å². The Labute approximate surface area is 115 Å². The van der Waals surface area contributed by atoms with Crippen LogP contribution in [0, 0.1) is 13.8 Å². The number of benzene rings is 1. The summed E-state index contributed by atoms with van der Waals surface area (Å²) in [5, 5.41) is 10.4. The summed E-state index contributed by atoms with van der Waals surface area (Å²) in [6, 6.07) is 10.3. The zero-order valence-corrected chi connectivity index (χ0v) is 11.9. The van der Waals surface area contributed by atoms with Gasteiger partial charge in [-0.2, -0.15) is 0 Å². The summed E-state index contributed by atoms with van der Waals surface area (Å²) in [6.45, 7) is 6.25. The summed E-state index contributed by atoms with van der Waals surface area (Å²) in [4.78, 5) is 4.35. The van der Waals surface area contributed by atoms with Crippen LogP contribution >= 0.6 is 0 Å². The minimum absolute atomic E-state index is 0.531. The molecule has 0 saturated carbocycles. The molecule has 0 aliphatic rings. The Bertz CT molecular complexity index is 563. The van der Waals surface area contributed by atoms with Gasteiger partial charge in [0.05, 0.1) is 5.69 Å². The van der Waals surface area contributed by atoms with Gasteiger partial charge < -0.3 is 5.11 Å². The van der Waals surface area contributed by atoms with Gasteiger partial charge in [0.1, 0.15) is 6.10 Å². The molecule has 0 aliphatic heterocycles. The van der Waals surface area contributed by atoms with E-state index in [1.807, 2.05) is 12.1 Å². The fourth-order valence-electron chi connectivity index (χ4n) is 2.37. The van der Waals surface area contributed by atoms with Gasteiger partial charge in [0.15, 0.2) is 0 Å².